The molecule has 0 aliphatic carbocycles. The third-order valence-corrected chi connectivity index (χ3v) is 4.22. The van der Waals surface area contributed by atoms with E-state index in [0.29, 0.717) is 11.6 Å². The summed E-state index contributed by atoms with van der Waals surface area (Å²) < 4.78 is 2.05. The number of pyridine rings is 1. The summed E-state index contributed by atoms with van der Waals surface area (Å²) in [4.78, 5) is 2.20. The van der Waals surface area contributed by atoms with Gasteiger partial charge in [0.25, 0.3) is 0 Å². The number of fused-ring (bicyclic) bond motifs is 1. The Labute approximate surface area is 133 Å². The number of hydrogen-bond acceptors (Lipinski definition) is 6. The standard InChI is InChI=1S/C16H15N7/c17-10-13-6-7-14(19-18-13)22-8-3-4-12(11-22)16-21-20-15-5-1-2-9-23(15)16/h1-2,5-7,9,12H,3-4,8,11H2. The molecule has 1 aliphatic rings. The Bertz CT molecular complexity index is 862. The molecule has 1 saturated heterocycles. The zero-order valence-corrected chi connectivity index (χ0v) is 12.5. The molecule has 0 bridgehead atoms. The third kappa shape index (κ3) is 2.48. The number of rotatable bonds is 2. The van der Waals surface area contributed by atoms with Gasteiger partial charge < -0.3 is 4.90 Å². The largest absolute Gasteiger partial charge is 0.354 e. The molecule has 1 atom stereocenters. The molecule has 114 valence electrons. The van der Waals surface area contributed by atoms with E-state index in [9.17, 15) is 0 Å². The molecule has 1 unspecified atom stereocenters. The Balaban J connectivity index is 1.60. The normalized spacial score (nSPS) is 18.0. The highest BCUT2D eigenvalue weighted by atomic mass is 15.3. The molecule has 3 aromatic heterocycles. The molecule has 7 heteroatoms. The quantitative estimate of drug-likeness (QED) is 0.717. The van der Waals surface area contributed by atoms with Gasteiger partial charge in [-0.1, -0.05) is 6.07 Å². The fraction of sp³-hybridized carbons (Fsp3) is 0.312. The van der Waals surface area contributed by atoms with Gasteiger partial charge in [-0.05, 0) is 37.1 Å². The Morgan fingerprint density at radius 3 is 2.87 bits per heavy atom. The van der Waals surface area contributed by atoms with Gasteiger partial charge in [0.1, 0.15) is 11.9 Å². The summed E-state index contributed by atoms with van der Waals surface area (Å²) >= 11 is 0. The molecule has 0 N–H and O–H groups in total. The van der Waals surface area contributed by atoms with Gasteiger partial charge in [-0.25, -0.2) is 0 Å². The second-order valence-corrected chi connectivity index (χ2v) is 5.66. The minimum absolute atomic E-state index is 0.304. The Morgan fingerprint density at radius 2 is 2.04 bits per heavy atom. The Hall–Kier alpha value is -3.01. The summed E-state index contributed by atoms with van der Waals surface area (Å²) in [6.07, 6.45) is 4.15. The van der Waals surface area contributed by atoms with Crippen molar-refractivity contribution < 1.29 is 0 Å². The molecule has 1 fully saturated rings. The zero-order chi connectivity index (χ0) is 15.6. The molecular formula is C16H15N7. The highest BCUT2D eigenvalue weighted by Crippen LogP contribution is 2.28. The van der Waals surface area contributed by atoms with Crippen molar-refractivity contribution >= 4 is 11.5 Å². The van der Waals surface area contributed by atoms with Crippen LogP contribution in [0, 0.1) is 11.3 Å². The smallest absolute Gasteiger partial charge is 0.163 e. The van der Waals surface area contributed by atoms with E-state index in [1.807, 2.05) is 36.5 Å². The number of nitrogens with zero attached hydrogens (tertiary/aromatic N) is 7. The maximum atomic E-state index is 8.82. The van der Waals surface area contributed by atoms with Crippen molar-refractivity contribution in [2.24, 2.45) is 0 Å². The van der Waals surface area contributed by atoms with E-state index in [-0.39, 0.29) is 0 Å². The van der Waals surface area contributed by atoms with E-state index in [1.165, 1.54) is 0 Å². The second kappa shape index (κ2) is 5.65. The predicted molar refractivity (Wildman–Crippen MR) is 83.9 cm³/mol. The van der Waals surface area contributed by atoms with Crippen molar-refractivity contribution in [3.05, 3.63) is 48.0 Å². The van der Waals surface area contributed by atoms with Crippen molar-refractivity contribution in [3.8, 4) is 6.07 Å². The summed E-state index contributed by atoms with van der Waals surface area (Å²) in [6, 6.07) is 11.5. The monoisotopic (exact) mass is 305 g/mol. The summed E-state index contributed by atoms with van der Waals surface area (Å²) in [7, 11) is 0. The van der Waals surface area contributed by atoms with E-state index in [1.54, 1.807) is 6.07 Å². The molecule has 0 saturated carbocycles. The van der Waals surface area contributed by atoms with Crippen molar-refractivity contribution in [1.82, 2.24) is 24.8 Å². The maximum Gasteiger partial charge on any atom is 0.163 e. The van der Waals surface area contributed by atoms with Gasteiger partial charge in [-0.3, -0.25) is 4.40 Å². The minimum Gasteiger partial charge on any atom is -0.354 e. The zero-order valence-electron chi connectivity index (χ0n) is 12.5. The van der Waals surface area contributed by atoms with Crippen molar-refractivity contribution in [3.63, 3.8) is 0 Å². The van der Waals surface area contributed by atoms with E-state index < -0.39 is 0 Å². The minimum atomic E-state index is 0.304. The molecule has 0 radical (unpaired) electrons. The van der Waals surface area contributed by atoms with Gasteiger partial charge in [0.2, 0.25) is 0 Å². The average molecular weight is 305 g/mol. The van der Waals surface area contributed by atoms with Gasteiger partial charge in [0.15, 0.2) is 17.2 Å². The van der Waals surface area contributed by atoms with E-state index >= 15 is 0 Å². The lowest BCUT2D eigenvalue weighted by molar-refractivity contribution is 0.484. The first-order chi connectivity index (χ1) is 11.3. The van der Waals surface area contributed by atoms with Crippen LogP contribution in [0.3, 0.4) is 0 Å². The van der Waals surface area contributed by atoms with Gasteiger partial charge in [0.05, 0.1) is 0 Å². The van der Waals surface area contributed by atoms with Crippen LogP contribution in [0.25, 0.3) is 5.65 Å². The number of hydrogen-bond donors (Lipinski definition) is 0. The number of aromatic nitrogens is 5. The molecular weight excluding hydrogens is 290 g/mol. The topological polar surface area (TPSA) is 83.0 Å². The molecule has 3 aromatic rings. The van der Waals surface area contributed by atoms with Gasteiger partial charge >= 0.3 is 0 Å². The van der Waals surface area contributed by atoms with Crippen LogP contribution in [0.5, 0.6) is 0 Å². The van der Waals surface area contributed by atoms with Crippen LogP contribution in [0.2, 0.25) is 0 Å². The van der Waals surface area contributed by atoms with Crippen LogP contribution in [0.4, 0.5) is 5.82 Å². The molecule has 7 nitrogen and oxygen atoms in total. The molecule has 4 heterocycles. The highest BCUT2D eigenvalue weighted by molar-refractivity contribution is 5.41. The lowest BCUT2D eigenvalue weighted by atomic mass is 9.97. The molecule has 0 amide bonds. The van der Waals surface area contributed by atoms with Crippen molar-refractivity contribution in [2.45, 2.75) is 18.8 Å². The predicted octanol–water partition coefficient (Wildman–Crippen LogP) is 1.77. The molecule has 4 rings (SSSR count). The van der Waals surface area contributed by atoms with E-state index in [0.717, 1.165) is 43.2 Å². The second-order valence-electron chi connectivity index (χ2n) is 5.66. The number of nitriles is 1. The van der Waals surface area contributed by atoms with E-state index in [2.05, 4.69) is 29.7 Å². The van der Waals surface area contributed by atoms with E-state index in [4.69, 9.17) is 5.26 Å². The fourth-order valence-corrected chi connectivity index (χ4v) is 3.09. The molecule has 1 aliphatic heterocycles. The van der Waals surface area contributed by atoms with Crippen LogP contribution in [-0.4, -0.2) is 37.9 Å². The lowest BCUT2D eigenvalue weighted by Gasteiger charge is -2.32. The first-order valence-electron chi connectivity index (χ1n) is 7.63. The first-order valence-corrected chi connectivity index (χ1v) is 7.63. The molecule has 23 heavy (non-hydrogen) atoms. The van der Waals surface area contributed by atoms with Crippen LogP contribution < -0.4 is 4.90 Å². The lowest BCUT2D eigenvalue weighted by Crippen LogP contribution is -2.35. The summed E-state index contributed by atoms with van der Waals surface area (Å²) in [6.45, 7) is 1.77. The van der Waals surface area contributed by atoms with Crippen LogP contribution in [0.15, 0.2) is 36.5 Å². The van der Waals surface area contributed by atoms with Crippen LogP contribution >= 0.6 is 0 Å². The van der Waals surface area contributed by atoms with Crippen molar-refractivity contribution in [2.75, 3.05) is 18.0 Å². The van der Waals surface area contributed by atoms with Gasteiger partial charge in [-0.2, -0.15) is 5.26 Å². The summed E-state index contributed by atoms with van der Waals surface area (Å²) in [5, 5.41) is 25.5. The van der Waals surface area contributed by atoms with Crippen molar-refractivity contribution in [1.29, 1.82) is 5.26 Å². The number of piperidine rings is 1. The third-order valence-electron chi connectivity index (χ3n) is 4.22. The Kier molecular flexibility index (Phi) is 3.35. The van der Waals surface area contributed by atoms with Crippen LogP contribution in [0.1, 0.15) is 30.3 Å². The van der Waals surface area contributed by atoms with Gasteiger partial charge in [0, 0.05) is 25.2 Å². The summed E-state index contributed by atoms with van der Waals surface area (Å²) in [5.41, 5.74) is 1.21. The van der Waals surface area contributed by atoms with Gasteiger partial charge in [-0.15, -0.1) is 20.4 Å². The maximum absolute atomic E-state index is 8.82. The van der Waals surface area contributed by atoms with Crippen LogP contribution in [-0.2, 0) is 0 Å². The SMILES string of the molecule is N#Cc1ccc(N2CCCC(c3nnc4ccccn34)C2)nn1. The summed E-state index contributed by atoms with van der Waals surface area (Å²) in [5.74, 6) is 2.10. The number of anilines is 1. The Morgan fingerprint density at radius 1 is 1.09 bits per heavy atom. The fourth-order valence-electron chi connectivity index (χ4n) is 3.09. The molecule has 0 aromatic carbocycles. The average Bonchev–Trinajstić information content (AvgIpc) is 3.06. The first kappa shape index (κ1) is 13.6. The highest BCUT2D eigenvalue weighted by Gasteiger charge is 2.26. The molecule has 0 spiro atoms.